The van der Waals surface area contributed by atoms with Crippen LogP contribution in [0.25, 0.3) is 0 Å². The summed E-state index contributed by atoms with van der Waals surface area (Å²) in [5.41, 5.74) is 10.4. The van der Waals surface area contributed by atoms with Gasteiger partial charge in [0.2, 0.25) is 0 Å². The van der Waals surface area contributed by atoms with Gasteiger partial charge in [0.1, 0.15) is 0 Å². The number of hydrogen-bond acceptors (Lipinski definition) is 7. The Morgan fingerprint density at radius 3 is 2.41 bits per heavy atom. The number of amides is 4. The third-order valence-electron chi connectivity index (χ3n) is 10.1. The van der Waals surface area contributed by atoms with E-state index in [1.165, 1.54) is 0 Å². The first-order chi connectivity index (χ1) is 22.3. The highest BCUT2D eigenvalue weighted by Crippen LogP contribution is 2.29. The van der Waals surface area contributed by atoms with Crippen LogP contribution < -0.4 is 16.4 Å². The number of carbonyl (C=O) groups excluding carboxylic acids is 3. The maximum atomic E-state index is 14.0. The molecule has 1 atom stereocenters. The number of nitrogens with two attached hydrogens (primary N) is 1. The van der Waals surface area contributed by atoms with Crippen LogP contribution in [0, 0.1) is 0 Å². The average Bonchev–Trinajstić information content (AvgIpc) is 3.09. The van der Waals surface area contributed by atoms with Crippen molar-refractivity contribution in [2.75, 3.05) is 63.4 Å². The van der Waals surface area contributed by atoms with Crippen molar-refractivity contribution in [3.63, 3.8) is 0 Å². The van der Waals surface area contributed by atoms with Crippen molar-refractivity contribution in [2.24, 2.45) is 0 Å². The lowest BCUT2D eigenvalue weighted by atomic mass is 10.0. The minimum atomic E-state index is -0.982. The van der Waals surface area contributed by atoms with E-state index in [-0.39, 0.29) is 24.4 Å². The summed E-state index contributed by atoms with van der Waals surface area (Å²) >= 11 is 6.46. The van der Waals surface area contributed by atoms with E-state index in [4.69, 9.17) is 22.1 Å². The number of benzene rings is 2. The van der Waals surface area contributed by atoms with Crippen molar-refractivity contribution in [2.45, 2.75) is 70.2 Å². The molecule has 0 spiro atoms. The van der Waals surface area contributed by atoms with Gasteiger partial charge in [-0.15, -0.1) is 0 Å². The van der Waals surface area contributed by atoms with Gasteiger partial charge in [-0.1, -0.05) is 42.8 Å². The number of urea groups is 1. The molecule has 12 heteroatoms. The van der Waals surface area contributed by atoms with Crippen LogP contribution in [0.5, 0.6) is 0 Å². The fraction of sp³-hybridized carbons (Fsp3) is 0.559. The SMILES string of the molecule is CCc1cc(C[C@@H](OC(=O)N2CCC(N3Cc4ccccc4NC3=O)CC2)C(=O)N2CCN(C3CCNCC3)CC2)cc(Cl)c1N. The quantitative estimate of drug-likeness (QED) is 0.388. The number of nitrogen functional groups attached to an aromatic ring is 1. The molecular formula is C34H46ClN7O4. The van der Waals surface area contributed by atoms with Crippen molar-refractivity contribution >= 4 is 41.0 Å². The van der Waals surface area contributed by atoms with E-state index in [9.17, 15) is 14.4 Å². The van der Waals surface area contributed by atoms with Gasteiger partial charge in [-0.25, -0.2) is 9.59 Å². The second-order valence-corrected chi connectivity index (χ2v) is 13.3. The molecule has 4 aliphatic rings. The van der Waals surface area contributed by atoms with Gasteiger partial charge in [0, 0.05) is 70.0 Å². The Labute approximate surface area is 276 Å². The molecule has 2 aromatic carbocycles. The molecule has 3 fully saturated rings. The predicted octanol–water partition coefficient (Wildman–Crippen LogP) is 3.94. The van der Waals surface area contributed by atoms with Gasteiger partial charge in [-0.2, -0.15) is 0 Å². The maximum absolute atomic E-state index is 14.0. The lowest BCUT2D eigenvalue weighted by Gasteiger charge is -2.42. The van der Waals surface area contributed by atoms with Gasteiger partial charge >= 0.3 is 12.1 Å². The summed E-state index contributed by atoms with van der Waals surface area (Å²) < 4.78 is 6.05. The molecule has 4 aliphatic heterocycles. The number of nitrogens with zero attached hydrogens (tertiary/aromatic N) is 4. The van der Waals surface area contributed by atoms with Crippen molar-refractivity contribution in [3.8, 4) is 0 Å². The smallest absolute Gasteiger partial charge is 0.410 e. The Morgan fingerprint density at radius 1 is 0.978 bits per heavy atom. The number of anilines is 2. The lowest BCUT2D eigenvalue weighted by molar-refractivity contribution is -0.143. The number of carbonyl (C=O) groups is 3. The van der Waals surface area contributed by atoms with Crippen molar-refractivity contribution in [1.82, 2.24) is 24.9 Å². The number of likely N-dealkylation sites (tertiary alicyclic amines) is 1. The molecule has 46 heavy (non-hydrogen) atoms. The number of rotatable bonds is 7. The fourth-order valence-electron chi connectivity index (χ4n) is 7.30. The minimum absolute atomic E-state index is 0.00969. The normalized spacial score (nSPS) is 20.7. The molecule has 11 nitrogen and oxygen atoms in total. The summed E-state index contributed by atoms with van der Waals surface area (Å²) in [5.74, 6) is -0.178. The molecule has 0 radical (unpaired) electrons. The van der Waals surface area contributed by atoms with E-state index in [0.717, 1.165) is 61.4 Å². The molecule has 248 valence electrons. The van der Waals surface area contributed by atoms with E-state index in [1.807, 2.05) is 47.1 Å². The topological polar surface area (TPSA) is 123 Å². The highest BCUT2D eigenvalue weighted by Gasteiger charge is 2.36. The maximum Gasteiger partial charge on any atom is 0.410 e. The Morgan fingerprint density at radius 2 is 1.70 bits per heavy atom. The number of piperazine rings is 1. The second kappa shape index (κ2) is 14.5. The predicted molar refractivity (Wildman–Crippen MR) is 179 cm³/mol. The largest absolute Gasteiger partial charge is 0.436 e. The Balaban J connectivity index is 1.10. The molecule has 4 N–H and O–H groups in total. The van der Waals surface area contributed by atoms with Crippen LogP contribution in [-0.4, -0.2) is 108 Å². The van der Waals surface area contributed by atoms with Crippen LogP contribution in [0.15, 0.2) is 36.4 Å². The summed E-state index contributed by atoms with van der Waals surface area (Å²) in [5, 5.41) is 6.85. The van der Waals surface area contributed by atoms with Crippen LogP contribution in [0.1, 0.15) is 49.3 Å². The fourth-order valence-corrected chi connectivity index (χ4v) is 7.56. The highest BCUT2D eigenvalue weighted by molar-refractivity contribution is 6.33. The zero-order valence-electron chi connectivity index (χ0n) is 26.7. The summed E-state index contributed by atoms with van der Waals surface area (Å²) in [7, 11) is 0. The van der Waals surface area contributed by atoms with Crippen LogP contribution >= 0.6 is 11.6 Å². The standard InChI is InChI=1S/C34H46ClN7O4/c1-2-24-19-23(20-28(35)31(24)36)21-30(32(43)40-17-15-39(16-18-40)26-7-11-37-12-8-26)46-34(45)41-13-9-27(10-14-41)42-22-25-5-3-4-6-29(25)38-33(42)44/h3-6,19-20,26-27,30,37H,2,7-18,21-22,36H2,1H3,(H,38,44)/t30-/m1/s1. The number of aryl methyl sites for hydroxylation is 1. The van der Waals surface area contributed by atoms with Crippen LogP contribution in [0.2, 0.25) is 5.02 Å². The zero-order valence-corrected chi connectivity index (χ0v) is 27.4. The number of nitrogens with one attached hydrogen (secondary N) is 2. The summed E-state index contributed by atoms with van der Waals surface area (Å²) in [4.78, 5) is 48.3. The third-order valence-corrected chi connectivity index (χ3v) is 10.4. The van der Waals surface area contributed by atoms with Gasteiger partial charge in [0.05, 0.1) is 10.7 Å². The van der Waals surface area contributed by atoms with Crippen molar-refractivity contribution in [3.05, 3.63) is 58.1 Å². The molecule has 0 bridgehead atoms. The molecule has 0 saturated carbocycles. The van der Waals surface area contributed by atoms with Crippen LogP contribution in [-0.2, 0) is 28.9 Å². The number of para-hydroxylation sites is 1. The van der Waals surface area contributed by atoms with Gasteiger partial charge in [-0.05, 0) is 74.0 Å². The van der Waals surface area contributed by atoms with E-state index in [0.29, 0.717) is 68.7 Å². The number of fused-ring (bicyclic) bond motifs is 1. The highest BCUT2D eigenvalue weighted by atomic mass is 35.5. The minimum Gasteiger partial charge on any atom is -0.436 e. The first-order valence-electron chi connectivity index (χ1n) is 16.7. The van der Waals surface area contributed by atoms with E-state index >= 15 is 0 Å². The third kappa shape index (κ3) is 7.21. The van der Waals surface area contributed by atoms with E-state index in [2.05, 4.69) is 15.5 Å². The van der Waals surface area contributed by atoms with Gasteiger partial charge in [-0.3, -0.25) is 9.69 Å². The molecule has 0 unspecified atom stereocenters. The summed E-state index contributed by atoms with van der Waals surface area (Å²) in [6.07, 6.45) is 2.95. The number of ether oxygens (including phenoxy) is 1. The van der Waals surface area contributed by atoms with Crippen molar-refractivity contribution in [1.29, 1.82) is 0 Å². The second-order valence-electron chi connectivity index (χ2n) is 12.9. The number of halogens is 1. The summed E-state index contributed by atoms with van der Waals surface area (Å²) in [6.45, 7) is 8.33. The molecular weight excluding hydrogens is 606 g/mol. The van der Waals surface area contributed by atoms with E-state index in [1.54, 1.807) is 11.0 Å². The molecule has 4 amide bonds. The monoisotopic (exact) mass is 651 g/mol. The molecule has 6 rings (SSSR count). The molecule has 4 heterocycles. The Bertz CT molecular complexity index is 1420. The first-order valence-corrected chi connectivity index (χ1v) is 17.1. The Kier molecular flexibility index (Phi) is 10.2. The summed E-state index contributed by atoms with van der Waals surface area (Å²) in [6, 6.07) is 12.0. The molecule has 3 saturated heterocycles. The number of piperidine rings is 2. The van der Waals surface area contributed by atoms with E-state index < -0.39 is 12.2 Å². The first kappa shape index (κ1) is 32.4. The average molecular weight is 652 g/mol. The van der Waals surface area contributed by atoms with Crippen molar-refractivity contribution < 1.29 is 19.1 Å². The van der Waals surface area contributed by atoms with Crippen LogP contribution in [0.3, 0.4) is 0 Å². The Hall–Kier alpha value is -3.54. The number of hydrogen-bond donors (Lipinski definition) is 3. The lowest BCUT2D eigenvalue weighted by Crippen LogP contribution is -2.56. The van der Waals surface area contributed by atoms with Gasteiger partial charge < -0.3 is 35.8 Å². The molecule has 0 aromatic heterocycles. The molecule has 2 aromatic rings. The zero-order chi connectivity index (χ0) is 32.2. The van der Waals surface area contributed by atoms with Gasteiger partial charge in [0.25, 0.3) is 5.91 Å². The molecule has 0 aliphatic carbocycles. The van der Waals surface area contributed by atoms with Gasteiger partial charge in [0.15, 0.2) is 6.10 Å². The van der Waals surface area contributed by atoms with Crippen LogP contribution in [0.4, 0.5) is 21.0 Å².